The Morgan fingerprint density at radius 2 is 2.00 bits per heavy atom. The second-order valence-electron chi connectivity index (χ2n) is 4.32. The highest BCUT2D eigenvalue weighted by Gasteiger charge is 2.35. The smallest absolute Gasteiger partial charge is 0.405 e. The molecule has 1 saturated heterocycles. The number of nitrogens with zero attached hydrogens (tertiary/aromatic N) is 1. The lowest BCUT2D eigenvalue weighted by Gasteiger charge is -2.35. The molecular weight excluding hydrogens is 316 g/mol. The van der Waals surface area contributed by atoms with Gasteiger partial charge in [0.25, 0.3) is 0 Å². The molecule has 19 heavy (non-hydrogen) atoms. The Kier molecular flexibility index (Phi) is 4.06. The Balaban J connectivity index is 2.21. The molecule has 0 radical (unpaired) electrons. The number of hydrogen-bond donors (Lipinski definition) is 3. The number of aliphatic hydroxyl groups excluding tert-OH is 1. The molecule has 6 nitrogen and oxygen atoms in total. The molecule has 1 aliphatic rings. The van der Waals surface area contributed by atoms with Crippen LogP contribution in [0.4, 0.5) is 10.5 Å². The molecule has 1 aromatic carbocycles. The van der Waals surface area contributed by atoms with Crippen molar-refractivity contribution in [2.24, 2.45) is 0 Å². The van der Waals surface area contributed by atoms with E-state index in [1.165, 1.54) is 4.90 Å². The van der Waals surface area contributed by atoms with Crippen LogP contribution in [0.25, 0.3) is 0 Å². The van der Waals surface area contributed by atoms with E-state index < -0.39 is 18.2 Å². The first-order valence-electron chi connectivity index (χ1n) is 5.72. The molecule has 1 aliphatic heterocycles. The molecule has 0 aromatic heterocycles. The van der Waals surface area contributed by atoms with Crippen LogP contribution in [0.2, 0.25) is 0 Å². The summed E-state index contributed by atoms with van der Waals surface area (Å²) in [5, 5.41) is 20.6. The van der Waals surface area contributed by atoms with Gasteiger partial charge in [0.2, 0.25) is 5.91 Å². The summed E-state index contributed by atoms with van der Waals surface area (Å²) >= 11 is 3.30. The third kappa shape index (κ3) is 3.24. The van der Waals surface area contributed by atoms with Crippen LogP contribution in [0.3, 0.4) is 0 Å². The topological polar surface area (TPSA) is 89.9 Å². The molecule has 0 saturated carbocycles. The molecule has 2 amide bonds. The number of halogens is 1. The Morgan fingerprint density at radius 1 is 1.37 bits per heavy atom. The fourth-order valence-corrected chi connectivity index (χ4v) is 2.32. The van der Waals surface area contributed by atoms with Crippen molar-refractivity contribution in [2.75, 3.05) is 11.4 Å². The lowest BCUT2D eigenvalue weighted by molar-refractivity contribution is -0.123. The monoisotopic (exact) mass is 328 g/mol. The zero-order valence-corrected chi connectivity index (χ0v) is 11.5. The Labute approximate surface area is 118 Å². The van der Waals surface area contributed by atoms with Gasteiger partial charge >= 0.3 is 6.09 Å². The van der Waals surface area contributed by atoms with Crippen molar-refractivity contribution in [3.05, 3.63) is 28.7 Å². The summed E-state index contributed by atoms with van der Waals surface area (Å²) in [5.41, 5.74) is 0.629. The standard InChI is InChI=1S/C12H13BrN2O4/c13-7-1-3-8(4-2-7)15-6-9(16)5-10(11(15)17)14-12(18)19/h1-4,9-10,14,16H,5-6H2,(H,18,19)/t9-,10-/m0/s1. The van der Waals surface area contributed by atoms with Gasteiger partial charge in [-0.15, -0.1) is 0 Å². The Bertz CT molecular complexity index is 491. The number of piperidine rings is 1. The quantitative estimate of drug-likeness (QED) is 0.760. The lowest BCUT2D eigenvalue weighted by Crippen LogP contribution is -2.56. The molecule has 0 unspecified atom stereocenters. The first-order valence-corrected chi connectivity index (χ1v) is 6.51. The van der Waals surface area contributed by atoms with Gasteiger partial charge in [0.1, 0.15) is 6.04 Å². The number of benzene rings is 1. The lowest BCUT2D eigenvalue weighted by atomic mass is 10.0. The molecule has 7 heteroatoms. The second-order valence-corrected chi connectivity index (χ2v) is 5.23. The van der Waals surface area contributed by atoms with Gasteiger partial charge in [-0.2, -0.15) is 0 Å². The van der Waals surface area contributed by atoms with Crippen molar-refractivity contribution < 1.29 is 19.8 Å². The maximum Gasteiger partial charge on any atom is 0.405 e. The molecule has 2 rings (SSSR count). The van der Waals surface area contributed by atoms with Crippen molar-refractivity contribution in [1.82, 2.24) is 5.32 Å². The van der Waals surface area contributed by atoms with Crippen LogP contribution in [0.1, 0.15) is 6.42 Å². The van der Waals surface area contributed by atoms with E-state index >= 15 is 0 Å². The predicted molar refractivity (Wildman–Crippen MR) is 72.1 cm³/mol. The number of nitrogens with one attached hydrogen (secondary N) is 1. The average Bonchev–Trinajstić information content (AvgIpc) is 2.34. The summed E-state index contributed by atoms with van der Waals surface area (Å²) < 4.78 is 0.876. The number of β-amino-alcohol motifs (C(OH)–C–C–N with tert-alkyl or cyclic N) is 1. The number of aliphatic hydroxyl groups is 1. The number of hydrogen-bond acceptors (Lipinski definition) is 3. The molecule has 102 valence electrons. The van der Waals surface area contributed by atoms with E-state index in [1.807, 2.05) is 0 Å². The van der Waals surface area contributed by atoms with Gasteiger partial charge < -0.3 is 20.4 Å². The zero-order chi connectivity index (χ0) is 14.0. The summed E-state index contributed by atoms with van der Waals surface area (Å²) in [6.07, 6.45) is -1.93. The van der Waals surface area contributed by atoms with Crippen LogP contribution in [-0.4, -0.2) is 40.9 Å². The summed E-state index contributed by atoms with van der Waals surface area (Å²) in [5.74, 6) is -0.352. The minimum absolute atomic E-state index is 0.0954. The van der Waals surface area contributed by atoms with E-state index in [1.54, 1.807) is 24.3 Å². The van der Waals surface area contributed by atoms with Gasteiger partial charge in [-0.3, -0.25) is 4.79 Å². The van der Waals surface area contributed by atoms with Crippen LogP contribution in [-0.2, 0) is 4.79 Å². The highest BCUT2D eigenvalue weighted by atomic mass is 79.9. The Morgan fingerprint density at radius 3 is 2.58 bits per heavy atom. The number of rotatable bonds is 2. The van der Waals surface area contributed by atoms with Crippen molar-refractivity contribution >= 4 is 33.6 Å². The normalized spacial score (nSPS) is 23.3. The minimum atomic E-state index is -1.27. The van der Waals surface area contributed by atoms with Gasteiger partial charge in [-0.1, -0.05) is 15.9 Å². The van der Waals surface area contributed by atoms with Crippen LogP contribution < -0.4 is 10.2 Å². The highest BCUT2D eigenvalue weighted by Crippen LogP contribution is 2.23. The molecule has 1 heterocycles. The number of carbonyl (C=O) groups is 2. The summed E-state index contributed by atoms with van der Waals surface area (Å²) in [4.78, 5) is 24.2. The van der Waals surface area contributed by atoms with E-state index in [2.05, 4.69) is 21.2 Å². The third-order valence-electron chi connectivity index (χ3n) is 2.90. The first-order chi connectivity index (χ1) is 8.97. The SMILES string of the molecule is O=C(O)N[C@H]1C[C@H](O)CN(c2ccc(Br)cc2)C1=O. The van der Waals surface area contributed by atoms with Gasteiger partial charge in [-0.25, -0.2) is 4.79 Å². The van der Waals surface area contributed by atoms with Gasteiger partial charge in [-0.05, 0) is 24.3 Å². The number of carbonyl (C=O) groups excluding carboxylic acids is 1. The minimum Gasteiger partial charge on any atom is -0.465 e. The van der Waals surface area contributed by atoms with Crippen molar-refractivity contribution in [3.63, 3.8) is 0 Å². The van der Waals surface area contributed by atoms with Crippen LogP contribution in [0.5, 0.6) is 0 Å². The Hall–Kier alpha value is -1.60. The fraction of sp³-hybridized carbons (Fsp3) is 0.333. The number of anilines is 1. The molecule has 0 bridgehead atoms. The maximum absolute atomic E-state index is 12.2. The van der Waals surface area contributed by atoms with Crippen molar-refractivity contribution in [1.29, 1.82) is 0 Å². The summed E-state index contributed by atoms with van der Waals surface area (Å²) in [6, 6.07) is 6.12. The van der Waals surface area contributed by atoms with Gasteiger partial charge in [0.05, 0.1) is 12.6 Å². The van der Waals surface area contributed by atoms with E-state index in [4.69, 9.17) is 5.11 Å². The molecule has 1 aromatic rings. The first kappa shape index (κ1) is 13.8. The summed E-state index contributed by atoms with van der Waals surface area (Å²) in [7, 11) is 0. The zero-order valence-electron chi connectivity index (χ0n) is 9.91. The molecule has 0 spiro atoms. The third-order valence-corrected chi connectivity index (χ3v) is 3.43. The van der Waals surface area contributed by atoms with E-state index in [9.17, 15) is 14.7 Å². The van der Waals surface area contributed by atoms with Gasteiger partial charge in [0.15, 0.2) is 0 Å². The molecule has 3 N–H and O–H groups in total. The molecule has 1 fully saturated rings. The van der Waals surface area contributed by atoms with E-state index in [-0.39, 0.29) is 18.9 Å². The molecule has 2 atom stereocenters. The maximum atomic E-state index is 12.2. The van der Waals surface area contributed by atoms with Crippen molar-refractivity contribution in [3.8, 4) is 0 Å². The molecule has 0 aliphatic carbocycles. The average molecular weight is 329 g/mol. The van der Waals surface area contributed by atoms with Crippen LogP contribution in [0, 0.1) is 0 Å². The van der Waals surface area contributed by atoms with Crippen LogP contribution in [0.15, 0.2) is 28.7 Å². The largest absolute Gasteiger partial charge is 0.465 e. The van der Waals surface area contributed by atoms with Crippen molar-refractivity contribution in [2.45, 2.75) is 18.6 Å². The number of amides is 2. The highest BCUT2D eigenvalue weighted by molar-refractivity contribution is 9.10. The second kappa shape index (κ2) is 5.58. The van der Waals surface area contributed by atoms with E-state index in [0.717, 1.165) is 4.47 Å². The molecular formula is C12H13BrN2O4. The predicted octanol–water partition coefficient (Wildman–Crippen LogP) is 1.18. The van der Waals surface area contributed by atoms with Crippen LogP contribution >= 0.6 is 15.9 Å². The fourth-order valence-electron chi connectivity index (χ4n) is 2.06. The summed E-state index contributed by atoms with van der Waals surface area (Å²) in [6.45, 7) is 0.165. The number of carboxylic acid groups (broad SMARTS) is 1. The van der Waals surface area contributed by atoms with E-state index in [0.29, 0.717) is 5.69 Å². The van der Waals surface area contributed by atoms with Gasteiger partial charge in [0, 0.05) is 16.6 Å².